The standard InChI is InChI=1S/C16H28O3/c1-12(17)16-6-4-3-5-13(16)11-19-15-9-7-14(18-2)8-10-15/h13-16H,3-11H2,1-2H3. The normalized spacial score (nSPS) is 36.1. The van der Waals surface area contributed by atoms with E-state index in [9.17, 15) is 4.79 Å². The molecule has 0 aromatic rings. The molecular weight excluding hydrogens is 240 g/mol. The first-order valence-electron chi connectivity index (χ1n) is 7.85. The molecule has 3 heteroatoms. The number of hydrogen-bond acceptors (Lipinski definition) is 3. The molecule has 2 fully saturated rings. The highest BCUT2D eigenvalue weighted by molar-refractivity contribution is 5.78. The van der Waals surface area contributed by atoms with Crippen molar-refractivity contribution in [1.82, 2.24) is 0 Å². The first-order valence-corrected chi connectivity index (χ1v) is 7.85. The monoisotopic (exact) mass is 268 g/mol. The Kier molecular flexibility index (Phi) is 5.83. The third kappa shape index (κ3) is 4.28. The van der Waals surface area contributed by atoms with E-state index in [-0.39, 0.29) is 5.92 Å². The van der Waals surface area contributed by atoms with Gasteiger partial charge in [-0.25, -0.2) is 0 Å². The smallest absolute Gasteiger partial charge is 0.133 e. The number of hydrogen-bond donors (Lipinski definition) is 0. The Morgan fingerprint density at radius 2 is 1.63 bits per heavy atom. The Hall–Kier alpha value is -0.410. The summed E-state index contributed by atoms with van der Waals surface area (Å²) in [5.74, 6) is 1.08. The van der Waals surface area contributed by atoms with Crippen LogP contribution in [0.2, 0.25) is 0 Å². The summed E-state index contributed by atoms with van der Waals surface area (Å²) in [5, 5.41) is 0. The summed E-state index contributed by atoms with van der Waals surface area (Å²) in [5.41, 5.74) is 0. The molecule has 110 valence electrons. The fourth-order valence-electron chi connectivity index (χ4n) is 3.64. The quantitative estimate of drug-likeness (QED) is 0.767. The molecule has 2 aliphatic carbocycles. The van der Waals surface area contributed by atoms with Crippen molar-refractivity contribution in [3.05, 3.63) is 0 Å². The molecule has 0 aliphatic heterocycles. The molecule has 0 amide bonds. The molecule has 0 radical (unpaired) electrons. The zero-order chi connectivity index (χ0) is 13.7. The summed E-state index contributed by atoms with van der Waals surface area (Å²) in [6.45, 7) is 2.53. The van der Waals surface area contributed by atoms with Crippen LogP contribution in [0.5, 0.6) is 0 Å². The third-order valence-electron chi connectivity index (χ3n) is 4.93. The summed E-state index contributed by atoms with van der Waals surface area (Å²) < 4.78 is 11.5. The molecule has 2 atom stereocenters. The first kappa shape index (κ1) is 15.0. The van der Waals surface area contributed by atoms with Gasteiger partial charge in [0.1, 0.15) is 5.78 Å². The van der Waals surface area contributed by atoms with Gasteiger partial charge in [0.05, 0.1) is 18.8 Å². The first-order chi connectivity index (χ1) is 9.20. The number of ether oxygens (including phenoxy) is 2. The van der Waals surface area contributed by atoms with E-state index in [4.69, 9.17) is 9.47 Å². The van der Waals surface area contributed by atoms with Crippen molar-refractivity contribution in [2.75, 3.05) is 13.7 Å². The Morgan fingerprint density at radius 1 is 1.00 bits per heavy atom. The maximum atomic E-state index is 11.7. The molecule has 0 heterocycles. The second-order valence-electron chi connectivity index (χ2n) is 6.23. The van der Waals surface area contributed by atoms with E-state index in [1.807, 2.05) is 0 Å². The number of Topliss-reactive ketones (excluding diaryl/α,β-unsaturated/α-hetero) is 1. The van der Waals surface area contributed by atoms with E-state index in [0.717, 1.165) is 45.1 Å². The van der Waals surface area contributed by atoms with Gasteiger partial charge in [-0.2, -0.15) is 0 Å². The van der Waals surface area contributed by atoms with Crippen molar-refractivity contribution < 1.29 is 14.3 Å². The molecule has 0 saturated heterocycles. The molecule has 0 N–H and O–H groups in total. The average molecular weight is 268 g/mol. The van der Waals surface area contributed by atoms with Crippen molar-refractivity contribution in [3.8, 4) is 0 Å². The number of ketones is 1. The lowest BCUT2D eigenvalue weighted by molar-refractivity contribution is -0.125. The minimum Gasteiger partial charge on any atom is -0.381 e. The lowest BCUT2D eigenvalue weighted by Crippen LogP contribution is -2.32. The summed E-state index contributed by atoms with van der Waals surface area (Å²) in [7, 11) is 1.80. The van der Waals surface area contributed by atoms with Crippen LogP contribution >= 0.6 is 0 Å². The molecule has 0 aromatic carbocycles. The van der Waals surface area contributed by atoms with Crippen molar-refractivity contribution in [1.29, 1.82) is 0 Å². The van der Waals surface area contributed by atoms with E-state index in [0.29, 0.717) is 23.9 Å². The maximum absolute atomic E-state index is 11.7. The fourth-order valence-corrected chi connectivity index (χ4v) is 3.64. The molecule has 2 saturated carbocycles. The lowest BCUT2D eigenvalue weighted by Gasteiger charge is -2.33. The second-order valence-corrected chi connectivity index (χ2v) is 6.23. The summed E-state index contributed by atoms with van der Waals surface area (Å²) >= 11 is 0. The van der Waals surface area contributed by atoms with Crippen LogP contribution in [-0.4, -0.2) is 31.7 Å². The van der Waals surface area contributed by atoms with Crippen molar-refractivity contribution in [2.45, 2.75) is 70.5 Å². The van der Waals surface area contributed by atoms with Gasteiger partial charge in [-0.15, -0.1) is 0 Å². The van der Waals surface area contributed by atoms with Gasteiger partial charge in [0, 0.05) is 13.0 Å². The van der Waals surface area contributed by atoms with Gasteiger partial charge in [-0.3, -0.25) is 4.79 Å². The molecule has 0 aromatic heterocycles. The predicted molar refractivity (Wildman–Crippen MR) is 75.1 cm³/mol. The van der Waals surface area contributed by atoms with Crippen molar-refractivity contribution in [2.24, 2.45) is 11.8 Å². The highest BCUT2D eigenvalue weighted by Crippen LogP contribution is 2.32. The van der Waals surface area contributed by atoms with Gasteiger partial charge < -0.3 is 9.47 Å². The van der Waals surface area contributed by atoms with Gasteiger partial charge in [0.25, 0.3) is 0 Å². The topological polar surface area (TPSA) is 35.5 Å². The minimum absolute atomic E-state index is 0.254. The van der Waals surface area contributed by atoms with Crippen LogP contribution in [0, 0.1) is 11.8 Å². The maximum Gasteiger partial charge on any atom is 0.133 e. The van der Waals surface area contributed by atoms with Crippen LogP contribution in [-0.2, 0) is 14.3 Å². The van der Waals surface area contributed by atoms with Crippen LogP contribution in [0.3, 0.4) is 0 Å². The number of carbonyl (C=O) groups is 1. The number of rotatable bonds is 5. The zero-order valence-electron chi connectivity index (χ0n) is 12.4. The molecule has 2 aliphatic rings. The van der Waals surface area contributed by atoms with Crippen LogP contribution in [0.25, 0.3) is 0 Å². The third-order valence-corrected chi connectivity index (χ3v) is 4.93. The van der Waals surface area contributed by atoms with Crippen LogP contribution in [0.15, 0.2) is 0 Å². The van der Waals surface area contributed by atoms with E-state index in [2.05, 4.69) is 0 Å². The Bertz CT molecular complexity index is 282. The van der Waals surface area contributed by atoms with Gasteiger partial charge in [0.2, 0.25) is 0 Å². The molecule has 0 spiro atoms. The largest absolute Gasteiger partial charge is 0.381 e. The highest BCUT2D eigenvalue weighted by Gasteiger charge is 2.30. The van der Waals surface area contributed by atoms with Gasteiger partial charge in [-0.1, -0.05) is 12.8 Å². The van der Waals surface area contributed by atoms with Gasteiger partial charge >= 0.3 is 0 Å². The fraction of sp³-hybridized carbons (Fsp3) is 0.938. The van der Waals surface area contributed by atoms with Gasteiger partial charge in [-0.05, 0) is 51.4 Å². The number of carbonyl (C=O) groups excluding carboxylic acids is 1. The Balaban J connectivity index is 1.73. The van der Waals surface area contributed by atoms with Crippen LogP contribution < -0.4 is 0 Å². The van der Waals surface area contributed by atoms with E-state index in [1.54, 1.807) is 14.0 Å². The second kappa shape index (κ2) is 7.39. The summed E-state index contributed by atoms with van der Waals surface area (Å²) in [4.78, 5) is 11.7. The van der Waals surface area contributed by atoms with Crippen LogP contribution in [0.4, 0.5) is 0 Å². The molecule has 3 nitrogen and oxygen atoms in total. The molecule has 0 bridgehead atoms. The summed E-state index contributed by atoms with van der Waals surface area (Å²) in [6.07, 6.45) is 9.96. The highest BCUT2D eigenvalue weighted by atomic mass is 16.5. The summed E-state index contributed by atoms with van der Waals surface area (Å²) in [6, 6.07) is 0. The van der Waals surface area contributed by atoms with E-state index in [1.165, 1.54) is 12.8 Å². The molecule has 19 heavy (non-hydrogen) atoms. The predicted octanol–water partition coefficient (Wildman–Crippen LogP) is 3.36. The van der Waals surface area contributed by atoms with Crippen LogP contribution in [0.1, 0.15) is 58.3 Å². The van der Waals surface area contributed by atoms with Gasteiger partial charge in [0.15, 0.2) is 0 Å². The van der Waals surface area contributed by atoms with Crippen molar-refractivity contribution in [3.63, 3.8) is 0 Å². The van der Waals surface area contributed by atoms with E-state index < -0.39 is 0 Å². The molecule has 2 unspecified atom stereocenters. The SMILES string of the molecule is COC1CCC(OCC2CCCCC2C(C)=O)CC1. The Labute approximate surface area is 117 Å². The average Bonchev–Trinajstić information content (AvgIpc) is 2.46. The van der Waals surface area contributed by atoms with E-state index >= 15 is 0 Å². The molecule has 2 rings (SSSR count). The molecular formula is C16H28O3. The number of methoxy groups -OCH3 is 1. The lowest BCUT2D eigenvalue weighted by atomic mass is 9.77. The Morgan fingerprint density at radius 3 is 2.26 bits per heavy atom. The zero-order valence-corrected chi connectivity index (χ0v) is 12.4. The minimum atomic E-state index is 0.254. The van der Waals surface area contributed by atoms with Crippen molar-refractivity contribution >= 4 is 5.78 Å².